The normalized spacial score (nSPS) is 9.67. The summed E-state index contributed by atoms with van der Waals surface area (Å²) in [6, 6.07) is 0. The number of nitrogens with zero attached hydrogens (tertiary/aromatic N) is 3. The number of rotatable bonds is 10. The first-order valence-corrected chi connectivity index (χ1v) is 4.93. The van der Waals surface area contributed by atoms with Crippen molar-refractivity contribution in [2.75, 3.05) is 33.0 Å². The third-order valence-corrected chi connectivity index (χ3v) is 1.59. The first-order valence-electron chi connectivity index (χ1n) is 4.93. The second-order valence-electron chi connectivity index (χ2n) is 2.98. The van der Waals surface area contributed by atoms with Crippen molar-refractivity contribution in [3.05, 3.63) is 10.4 Å². The van der Waals surface area contributed by atoms with Gasteiger partial charge in [0, 0.05) is 24.5 Å². The van der Waals surface area contributed by atoms with Crippen molar-refractivity contribution in [1.29, 1.82) is 0 Å². The summed E-state index contributed by atoms with van der Waals surface area (Å²) in [5.74, 6) is 0.184. The number of ether oxygens (including phenoxy) is 2. The number of carbonyl (C=O) groups excluding carboxylic acids is 1. The fraction of sp³-hybridized carbons (Fsp3) is 0.889. The van der Waals surface area contributed by atoms with Gasteiger partial charge in [0.15, 0.2) is 0 Å². The van der Waals surface area contributed by atoms with Crippen molar-refractivity contribution in [3.8, 4) is 0 Å². The number of hydrogen-bond acceptors (Lipinski definition) is 4. The van der Waals surface area contributed by atoms with Crippen LogP contribution in [0.2, 0.25) is 0 Å². The molecule has 0 saturated heterocycles. The molecule has 0 aromatic heterocycles. The highest BCUT2D eigenvalue weighted by atomic mass is 16.5. The SMILES string of the molecule is CC(=O)CCCOCCOCCN=[N+]=[N-]. The van der Waals surface area contributed by atoms with E-state index in [0.717, 1.165) is 6.42 Å². The molecule has 0 amide bonds. The van der Waals surface area contributed by atoms with Gasteiger partial charge >= 0.3 is 0 Å². The van der Waals surface area contributed by atoms with Crippen molar-refractivity contribution in [2.24, 2.45) is 5.11 Å². The summed E-state index contributed by atoms with van der Waals surface area (Å²) in [7, 11) is 0. The molecule has 0 N–H and O–H groups in total. The van der Waals surface area contributed by atoms with E-state index in [2.05, 4.69) is 10.0 Å². The summed E-state index contributed by atoms with van der Waals surface area (Å²) < 4.78 is 10.3. The van der Waals surface area contributed by atoms with Crippen molar-refractivity contribution in [3.63, 3.8) is 0 Å². The lowest BCUT2D eigenvalue weighted by Gasteiger charge is -2.03. The molecule has 0 rings (SSSR count). The lowest BCUT2D eigenvalue weighted by atomic mass is 10.2. The van der Waals surface area contributed by atoms with E-state index in [-0.39, 0.29) is 5.78 Å². The van der Waals surface area contributed by atoms with E-state index in [1.165, 1.54) is 0 Å². The van der Waals surface area contributed by atoms with Gasteiger partial charge in [0.05, 0.1) is 19.8 Å². The van der Waals surface area contributed by atoms with E-state index in [9.17, 15) is 4.79 Å². The van der Waals surface area contributed by atoms with Crippen LogP contribution < -0.4 is 0 Å². The lowest BCUT2D eigenvalue weighted by molar-refractivity contribution is -0.117. The predicted octanol–water partition coefficient (Wildman–Crippen LogP) is 1.70. The molecule has 0 radical (unpaired) electrons. The van der Waals surface area contributed by atoms with Gasteiger partial charge in [0.25, 0.3) is 0 Å². The van der Waals surface area contributed by atoms with Crippen LogP contribution in [0.1, 0.15) is 19.8 Å². The second kappa shape index (κ2) is 11.0. The molecule has 0 aliphatic heterocycles. The Labute approximate surface area is 89.2 Å². The Morgan fingerprint density at radius 3 is 2.53 bits per heavy atom. The molecule has 0 heterocycles. The van der Waals surface area contributed by atoms with Crippen LogP contribution in [0.4, 0.5) is 0 Å². The first-order chi connectivity index (χ1) is 7.27. The third kappa shape index (κ3) is 12.9. The minimum absolute atomic E-state index is 0.184. The van der Waals surface area contributed by atoms with E-state index < -0.39 is 0 Å². The van der Waals surface area contributed by atoms with E-state index in [4.69, 9.17) is 15.0 Å². The Hall–Kier alpha value is -1.10. The Morgan fingerprint density at radius 1 is 1.27 bits per heavy atom. The maximum absolute atomic E-state index is 10.6. The average molecular weight is 215 g/mol. The van der Waals surface area contributed by atoms with Crippen LogP contribution >= 0.6 is 0 Å². The van der Waals surface area contributed by atoms with E-state index in [0.29, 0.717) is 39.4 Å². The minimum Gasteiger partial charge on any atom is -0.379 e. The Morgan fingerprint density at radius 2 is 1.93 bits per heavy atom. The highest BCUT2D eigenvalue weighted by molar-refractivity contribution is 5.75. The summed E-state index contributed by atoms with van der Waals surface area (Å²) in [6.07, 6.45) is 1.33. The maximum atomic E-state index is 10.6. The molecule has 0 atom stereocenters. The van der Waals surface area contributed by atoms with Crippen LogP contribution in [-0.2, 0) is 14.3 Å². The number of carbonyl (C=O) groups is 1. The molecule has 0 aliphatic carbocycles. The highest BCUT2D eigenvalue weighted by Gasteiger charge is 1.93. The van der Waals surface area contributed by atoms with Gasteiger partial charge < -0.3 is 14.3 Å². The summed E-state index contributed by atoms with van der Waals surface area (Å²) in [5, 5.41) is 3.32. The maximum Gasteiger partial charge on any atom is 0.129 e. The third-order valence-electron chi connectivity index (χ3n) is 1.59. The fourth-order valence-corrected chi connectivity index (χ4v) is 0.895. The standard InChI is InChI=1S/C9H17N3O3/c1-9(13)3-2-5-14-7-8-15-6-4-11-12-10/h2-8H2,1H3. The molecular weight excluding hydrogens is 198 g/mol. The van der Waals surface area contributed by atoms with Gasteiger partial charge in [0.1, 0.15) is 5.78 Å². The molecule has 0 bridgehead atoms. The zero-order chi connectivity index (χ0) is 11.4. The second-order valence-corrected chi connectivity index (χ2v) is 2.98. The Balaban J connectivity index is 2.98. The van der Waals surface area contributed by atoms with Gasteiger partial charge in [-0.15, -0.1) is 0 Å². The van der Waals surface area contributed by atoms with Crippen LogP contribution in [0.5, 0.6) is 0 Å². The molecule has 0 fully saturated rings. The number of ketones is 1. The summed E-state index contributed by atoms with van der Waals surface area (Å²) in [6.45, 7) is 3.91. The first kappa shape index (κ1) is 13.9. The Kier molecular flexibility index (Phi) is 10.2. The van der Waals surface area contributed by atoms with Crippen molar-refractivity contribution >= 4 is 5.78 Å². The molecule has 0 aromatic carbocycles. The van der Waals surface area contributed by atoms with Crippen molar-refractivity contribution < 1.29 is 14.3 Å². The smallest absolute Gasteiger partial charge is 0.129 e. The number of Topliss-reactive ketones (excluding diaryl/α,β-unsaturated/α-hetero) is 1. The van der Waals surface area contributed by atoms with Gasteiger partial charge in [0.2, 0.25) is 0 Å². The summed E-state index contributed by atoms with van der Waals surface area (Å²) >= 11 is 0. The molecule has 0 unspecified atom stereocenters. The van der Waals surface area contributed by atoms with Gasteiger partial charge in [-0.3, -0.25) is 0 Å². The highest BCUT2D eigenvalue weighted by Crippen LogP contribution is 1.91. The quantitative estimate of drug-likeness (QED) is 0.240. The zero-order valence-corrected chi connectivity index (χ0v) is 9.02. The molecular formula is C9H17N3O3. The number of hydrogen-bond donors (Lipinski definition) is 0. The van der Waals surface area contributed by atoms with Gasteiger partial charge in [-0.1, -0.05) is 5.11 Å². The van der Waals surface area contributed by atoms with Crippen LogP contribution in [0, 0.1) is 0 Å². The minimum atomic E-state index is 0.184. The van der Waals surface area contributed by atoms with Gasteiger partial charge in [-0.2, -0.15) is 0 Å². The van der Waals surface area contributed by atoms with Crippen LogP contribution in [0.3, 0.4) is 0 Å². The summed E-state index contributed by atoms with van der Waals surface area (Å²) in [4.78, 5) is 13.2. The molecule has 0 saturated carbocycles. The lowest BCUT2D eigenvalue weighted by Crippen LogP contribution is -2.07. The average Bonchev–Trinajstić information content (AvgIpc) is 2.20. The van der Waals surface area contributed by atoms with Gasteiger partial charge in [-0.05, 0) is 18.9 Å². The molecule has 15 heavy (non-hydrogen) atoms. The number of azide groups is 1. The Bertz CT molecular complexity index is 207. The van der Waals surface area contributed by atoms with Gasteiger partial charge in [-0.25, -0.2) is 0 Å². The van der Waals surface area contributed by atoms with Crippen molar-refractivity contribution in [2.45, 2.75) is 19.8 Å². The molecule has 86 valence electrons. The molecule has 0 aromatic rings. The zero-order valence-electron chi connectivity index (χ0n) is 9.02. The van der Waals surface area contributed by atoms with E-state index in [1.807, 2.05) is 0 Å². The largest absolute Gasteiger partial charge is 0.379 e. The van der Waals surface area contributed by atoms with E-state index >= 15 is 0 Å². The fourth-order valence-electron chi connectivity index (χ4n) is 0.895. The van der Waals surface area contributed by atoms with Crippen LogP contribution in [0.15, 0.2) is 5.11 Å². The van der Waals surface area contributed by atoms with E-state index in [1.54, 1.807) is 6.92 Å². The summed E-state index contributed by atoms with van der Waals surface area (Å²) in [5.41, 5.74) is 7.96. The topological polar surface area (TPSA) is 84.3 Å². The van der Waals surface area contributed by atoms with Crippen LogP contribution in [0.25, 0.3) is 10.4 Å². The molecule has 6 nitrogen and oxygen atoms in total. The molecule has 6 heteroatoms. The molecule has 0 spiro atoms. The van der Waals surface area contributed by atoms with Crippen molar-refractivity contribution in [1.82, 2.24) is 0 Å². The molecule has 0 aliphatic rings. The monoisotopic (exact) mass is 215 g/mol. The van der Waals surface area contributed by atoms with Crippen LogP contribution in [-0.4, -0.2) is 38.8 Å². The predicted molar refractivity (Wildman–Crippen MR) is 55.6 cm³/mol.